The van der Waals surface area contributed by atoms with E-state index in [0.717, 1.165) is 23.5 Å². The number of nitrogens with one attached hydrogen (secondary N) is 1. The van der Waals surface area contributed by atoms with Crippen LogP contribution in [0.15, 0.2) is 18.5 Å². The van der Waals surface area contributed by atoms with E-state index in [1.807, 2.05) is 0 Å². The molecule has 0 spiro atoms. The van der Waals surface area contributed by atoms with Crippen LogP contribution in [0.5, 0.6) is 0 Å². The van der Waals surface area contributed by atoms with Crippen LogP contribution in [0.4, 0.5) is 5.82 Å². The lowest BCUT2D eigenvalue weighted by molar-refractivity contribution is 0.643. The lowest BCUT2D eigenvalue weighted by Gasteiger charge is -2.20. The molecule has 0 bridgehead atoms. The molecule has 1 aliphatic rings. The van der Waals surface area contributed by atoms with Gasteiger partial charge in [-0.2, -0.15) is 0 Å². The van der Waals surface area contributed by atoms with Crippen molar-refractivity contribution >= 4 is 27.4 Å². The molecule has 18 heavy (non-hydrogen) atoms. The Morgan fingerprint density at radius 3 is 2.94 bits per heavy atom. The SMILES string of the molecule is Cc1sc2ncnc(NC3CC=CCC3)c2c1C. The first-order valence-corrected chi connectivity index (χ1v) is 7.19. The van der Waals surface area contributed by atoms with Gasteiger partial charge in [-0.05, 0) is 38.7 Å². The number of allylic oxidation sites excluding steroid dienone is 1. The molecule has 1 N–H and O–H groups in total. The maximum atomic E-state index is 4.44. The summed E-state index contributed by atoms with van der Waals surface area (Å²) < 4.78 is 0. The van der Waals surface area contributed by atoms with E-state index in [2.05, 4.69) is 41.3 Å². The van der Waals surface area contributed by atoms with Gasteiger partial charge in [0, 0.05) is 10.9 Å². The Labute approximate surface area is 111 Å². The third-order valence-corrected chi connectivity index (χ3v) is 4.69. The molecule has 0 saturated heterocycles. The van der Waals surface area contributed by atoms with Crippen molar-refractivity contribution in [2.45, 2.75) is 39.2 Å². The lowest BCUT2D eigenvalue weighted by atomic mass is 10.0. The Morgan fingerprint density at radius 1 is 1.28 bits per heavy atom. The van der Waals surface area contributed by atoms with Gasteiger partial charge in [-0.15, -0.1) is 11.3 Å². The van der Waals surface area contributed by atoms with E-state index >= 15 is 0 Å². The van der Waals surface area contributed by atoms with Gasteiger partial charge in [-0.3, -0.25) is 0 Å². The van der Waals surface area contributed by atoms with Crippen molar-refractivity contribution in [2.24, 2.45) is 0 Å². The molecule has 2 heterocycles. The van der Waals surface area contributed by atoms with E-state index in [-0.39, 0.29) is 0 Å². The Hall–Kier alpha value is -1.42. The fourth-order valence-electron chi connectivity index (χ4n) is 2.41. The molecule has 3 nitrogen and oxygen atoms in total. The summed E-state index contributed by atoms with van der Waals surface area (Å²) in [5.74, 6) is 1.00. The van der Waals surface area contributed by atoms with Gasteiger partial charge in [-0.1, -0.05) is 12.2 Å². The van der Waals surface area contributed by atoms with Crippen molar-refractivity contribution in [1.29, 1.82) is 0 Å². The molecule has 2 aromatic rings. The van der Waals surface area contributed by atoms with Crippen LogP contribution in [-0.4, -0.2) is 16.0 Å². The van der Waals surface area contributed by atoms with E-state index in [1.165, 1.54) is 22.2 Å². The van der Waals surface area contributed by atoms with E-state index < -0.39 is 0 Å². The maximum absolute atomic E-state index is 4.44. The number of hydrogen-bond donors (Lipinski definition) is 1. The van der Waals surface area contributed by atoms with Crippen molar-refractivity contribution < 1.29 is 0 Å². The van der Waals surface area contributed by atoms with Crippen LogP contribution < -0.4 is 5.32 Å². The molecule has 0 aromatic carbocycles. The molecule has 2 aromatic heterocycles. The number of rotatable bonds is 2. The van der Waals surface area contributed by atoms with Gasteiger partial charge in [0.05, 0.1) is 5.39 Å². The third-order valence-electron chi connectivity index (χ3n) is 3.58. The highest BCUT2D eigenvalue weighted by Gasteiger charge is 2.15. The van der Waals surface area contributed by atoms with E-state index in [4.69, 9.17) is 0 Å². The van der Waals surface area contributed by atoms with Crippen LogP contribution in [-0.2, 0) is 0 Å². The van der Waals surface area contributed by atoms with Crippen LogP contribution in [0.2, 0.25) is 0 Å². The molecule has 0 amide bonds. The second kappa shape index (κ2) is 4.69. The van der Waals surface area contributed by atoms with Gasteiger partial charge in [-0.25, -0.2) is 9.97 Å². The minimum Gasteiger partial charge on any atom is -0.366 e. The van der Waals surface area contributed by atoms with Gasteiger partial charge >= 0.3 is 0 Å². The van der Waals surface area contributed by atoms with Gasteiger partial charge in [0.25, 0.3) is 0 Å². The molecule has 4 heteroatoms. The molecule has 1 atom stereocenters. The predicted molar refractivity (Wildman–Crippen MR) is 77.3 cm³/mol. The molecule has 94 valence electrons. The minimum atomic E-state index is 0.507. The van der Waals surface area contributed by atoms with Crippen LogP contribution >= 0.6 is 11.3 Å². The Kier molecular flexibility index (Phi) is 3.04. The van der Waals surface area contributed by atoms with Crippen molar-refractivity contribution in [1.82, 2.24) is 9.97 Å². The number of hydrogen-bond acceptors (Lipinski definition) is 4. The fourth-order valence-corrected chi connectivity index (χ4v) is 3.41. The lowest BCUT2D eigenvalue weighted by Crippen LogP contribution is -2.21. The summed E-state index contributed by atoms with van der Waals surface area (Å²) in [7, 11) is 0. The standard InChI is InChI=1S/C14H17N3S/c1-9-10(2)18-14-12(9)13(15-8-16-14)17-11-6-4-3-5-7-11/h3-4,8,11H,5-7H2,1-2H3,(H,15,16,17). The average molecular weight is 259 g/mol. The smallest absolute Gasteiger partial charge is 0.138 e. The van der Waals surface area contributed by atoms with Crippen molar-refractivity contribution in [3.05, 3.63) is 28.9 Å². The number of aromatic nitrogens is 2. The van der Waals surface area contributed by atoms with Gasteiger partial charge in [0.2, 0.25) is 0 Å². The summed E-state index contributed by atoms with van der Waals surface area (Å²) >= 11 is 1.75. The van der Waals surface area contributed by atoms with E-state index in [9.17, 15) is 0 Å². The topological polar surface area (TPSA) is 37.8 Å². The Bertz CT molecular complexity index is 600. The summed E-state index contributed by atoms with van der Waals surface area (Å²) in [6.45, 7) is 4.30. The predicted octanol–water partition coefficient (Wildman–Crippen LogP) is 3.83. The number of aryl methyl sites for hydroxylation is 2. The highest BCUT2D eigenvalue weighted by Crippen LogP contribution is 2.33. The molecule has 1 aliphatic carbocycles. The molecule has 1 unspecified atom stereocenters. The van der Waals surface area contributed by atoms with Crippen LogP contribution in [0.25, 0.3) is 10.2 Å². The normalized spacial score (nSPS) is 19.3. The first-order valence-electron chi connectivity index (χ1n) is 6.38. The Balaban J connectivity index is 1.98. The van der Waals surface area contributed by atoms with Gasteiger partial charge in [0.15, 0.2) is 0 Å². The van der Waals surface area contributed by atoms with Crippen LogP contribution in [0.1, 0.15) is 29.7 Å². The average Bonchev–Trinajstić information content (AvgIpc) is 2.67. The zero-order valence-electron chi connectivity index (χ0n) is 10.7. The summed E-state index contributed by atoms with van der Waals surface area (Å²) in [6, 6.07) is 0.507. The van der Waals surface area contributed by atoms with E-state index in [1.54, 1.807) is 17.7 Å². The first kappa shape index (κ1) is 11.7. The maximum Gasteiger partial charge on any atom is 0.138 e. The molecular formula is C14H17N3S. The molecule has 3 rings (SSSR count). The zero-order chi connectivity index (χ0) is 12.5. The largest absolute Gasteiger partial charge is 0.366 e. The van der Waals surface area contributed by atoms with Crippen LogP contribution in [0.3, 0.4) is 0 Å². The summed E-state index contributed by atoms with van der Waals surface area (Å²) in [4.78, 5) is 11.2. The zero-order valence-corrected chi connectivity index (χ0v) is 11.5. The Morgan fingerprint density at radius 2 is 2.17 bits per heavy atom. The number of fused-ring (bicyclic) bond motifs is 1. The van der Waals surface area contributed by atoms with Crippen molar-refractivity contribution in [3.63, 3.8) is 0 Å². The number of thiophene rings is 1. The fraction of sp³-hybridized carbons (Fsp3) is 0.429. The summed E-state index contributed by atoms with van der Waals surface area (Å²) in [5.41, 5.74) is 1.31. The second-order valence-corrected chi connectivity index (χ2v) is 6.01. The first-order chi connectivity index (χ1) is 8.75. The highest BCUT2D eigenvalue weighted by atomic mass is 32.1. The number of anilines is 1. The monoisotopic (exact) mass is 259 g/mol. The van der Waals surface area contributed by atoms with Gasteiger partial charge in [0.1, 0.15) is 17.0 Å². The van der Waals surface area contributed by atoms with Gasteiger partial charge < -0.3 is 5.32 Å². The summed E-state index contributed by atoms with van der Waals surface area (Å²) in [6.07, 6.45) is 9.61. The molecule has 0 radical (unpaired) electrons. The highest BCUT2D eigenvalue weighted by molar-refractivity contribution is 7.18. The van der Waals surface area contributed by atoms with Crippen LogP contribution in [0, 0.1) is 13.8 Å². The van der Waals surface area contributed by atoms with Crippen molar-refractivity contribution in [3.8, 4) is 0 Å². The quantitative estimate of drug-likeness (QED) is 0.833. The molecule has 0 saturated carbocycles. The summed E-state index contributed by atoms with van der Waals surface area (Å²) in [5, 5.41) is 4.79. The molecular weight excluding hydrogens is 242 g/mol. The second-order valence-electron chi connectivity index (χ2n) is 4.81. The molecule has 0 aliphatic heterocycles. The molecule has 0 fully saturated rings. The van der Waals surface area contributed by atoms with E-state index in [0.29, 0.717) is 6.04 Å². The van der Waals surface area contributed by atoms with Crippen molar-refractivity contribution in [2.75, 3.05) is 5.32 Å². The number of nitrogens with zero attached hydrogens (tertiary/aromatic N) is 2. The minimum absolute atomic E-state index is 0.507. The third kappa shape index (κ3) is 2.01.